The molecule has 0 aromatic heterocycles. The zero-order chi connectivity index (χ0) is 25.8. The average Bonchev–Trinajstić information content (AvgIpc) is 3.42. The van der Waals surface area contributed by atoms with Gasteiger partial charge in [0, 0.05) is 25.2 Å². The van der Waals surface area contributed by atoms with Crippen LogP contribution in [0.1, 0.15) is 46.0 Å². The fraction of sp³-hybridized carbons (Fsp3) is 0.680. The van der Waals surface area contributed by atoms with Gasteiger partial charge in [0.05, 0.1) is 0 Å². The van der Waals surface area contributed by atoms with Crippen molar-refractivity contribution in [3.63, 3.8) is 0 Å². The van der Waals surface area contributed by atoms with Gasteiger partial charge in [-0.05, 0) is 55.8 Å². The standard InChI is InChI=1S/C25H38N2O8/c1-5-18(14-32-22(28)7-3)34-24(30)26-12-17-11-16-9-10-20(17)21(16)13-27-25(31)35-19(6-2)15-33-23(29)8-4/h7-8,16-21H,3-6,9-15H2,1-2H3,(H,26,30)(H,27,31). The van der Waals surface area contributed by atoms with Crippen LogP contribution in [0.4, 0.5) is 9.59 Å². The molecule has 2 rings (SSSR count). The molecule has 2 amide bonds. The summed E-state index contributed by atoms with van der Waals surface area (Å²) in [6.07, 6.45) is 4.21. The van der Waals surface area contributed by atoms with Gasteiger partial charge < -0.3 is 29.6 Å². The zero-order valence-corrected chi connectivity index (χ0v) is 20.7. The third kappa shape index (κ3) is 8.92. The Hall–Kier alpha value is -3.04. The van der Waals surface area contributed by atoms with Crippen molar-refractivity contribution >= 4 is 24.1 Å². The smallest absolute Gasteiger partial charge is 0.407 e. The Labute approximate surface area is 206 Å². The monoisotopic (exact) mass is 494 g/mol. The summed E-state index contributed by atoms with van der Waals surface area (Å²) in [4.78, 5) is 46.9. The predicted molar refractivity (Wildman–Crippen MR) is 127 cm³/mol. The van der Waals surface area contributed by atoms with Crippen molar-refractivity contribution in [1.82, 2.24) is 10.6 Å². The average molecular weight is 495 g/mol. The second-order valence-corrected chi connectivity index (χ2v) is 8.96. The summed E-state index contributed by atoms with van der Waals surface area (Å²) in [5.41, 5.74) is 0. The van der Waals surface area contributed by atoms with Gasteiger partial charge in [0.25, 0.3) is 0 Å². The van der Waals surface area contributed by atoms with Crippen LogP contribution in [0.2, 0.25) is 0 Å². The molecule has 0 aliphatic heterocycles. The van der Waals surface area contributed by atoms with Crippen LogP contribution >= 0.6 is 0 Å². The lowest BCUT2D eigenvalue weighted by Crippen LogP contribution is -2.37. The minimum atomic E-state index is -0.556. The number of rotatable bonds is 14. The number of ether oxygens (including phenoxy) is 4. The fourth-order valence-corrected chi connectivity index (χ4v) is 4.92. The summed E-state index contributed by atoms with van der Waals surface area (Å²) in [6, 6.07) is 0. The molecule has 0 radical (unpaired) electrons. The fourth-order valence-electron chi connectivity index (χ4n) is 4.92. The van der Waals surface area contributed by atoms with E-state index < -0.39 is 36.3 Å². The number of hydrogen-bond donors (Lipinski definition) is 2. The van der Waals surface area contributed by atoms with Gasteiger partial charge in [0.1, 0.15) is 25.4 Å². The van der Waals surface area contributed by atoms with E-state index in [0.717, 1.165) is 31.4 Å². The number of nitrogens with one attached hydrogen (secondary N) is 2. The molecule has 0 aromatic rings. The van der Waals surface area contributed by atoms with E-state index in [1.165, 1.54) is 0 Å². The van der Waals surface area contributed by atoms with Crippen molar-refractivity contribution in [3.05, 3.63) is 25.3 Å². The van der Waals surface area contributed by atoms with E-state index in [0.29, 0.717) is 49.6 Å². The van der Waals surface area contributed by atoms with E-state index in [1.54, 1.807) is 0 Å². The normalized spacial score (nSPS) is 23.9. The third-order valence-electron chi connectivity index (χ3n) is 6.84. The Balaban J connectivity index is 1.73. The summed E-state index contributed by atoms with van der Waals surface area (Å²) in [5.74, 6) is 0.404. The number of amides is 2. The Bertz CT molecular complexity index is 771. The van der Waals surface area contributed by atoms with Crippen molar-refractivity contribution < 1.29 is 38.1 Å². The van der Waals surface area contributed by atoms with Crippen LogP contribution in [0, 0.1) is 23.7 Å². The number of carbonyl (C=O) groups excluding carboxylic acids is 4. The van der Waals surface area contributed by atoms with Crippen molar-refractivity contribution in [1.29, 1.82) is 0 Å². The summed E-state index contributed by atoms with van der Waals surface area (Å²) in [5, 5.41) is 5.70. The first-order valence-electron chi connectivity index (χ1n) is 12.3. The van der Waals surface area contributed by atoms with Crippen LogP contribution in [0.15, 0.2) is 25.3 Å². The van der Waals surface area contributed by atoms with Gasteiger partial charge in [-0.3, -0.25) is 0 Å². The molecule has 35 heavy (non-hydrogen) atoms. The quantitative estimate of drug-likeness (QED) is 0.214. The minimum Gasteiger partial charge on any atom is -0.459 e. The highest BCUT2D eigenvalue weighted by Gasteiger charge is 2.47. The second kappa shape index (κ2) is 14.4. The lowest BCUT2D eigenvalue weighted by Gasteiger charge is -2.24. The molecule has 196 valence electrons. The van der Waals surface area contributed by atoms with Crippen molar-refractivity contribution in [2.75, 3.05) is 26.3 Å². The molecule has 0 spiro atoms. The number of esters is 2. The largest absolute Gasteiger partial charge is 0.459 e. The van der Waals surface area contributed by atoms with Crippen molar-refractivity contribution in [2.45, 2.75) is 58.2 Å². The Morgan fingerprint density at radius 3 is 1.86 bits per heavy atom. The molecule has 10 nitrogen and oxygen atoms in total. The molecule has 2 aliphatic rings. The first-order chi connectivity index (χ1) is 16.8. The lowest BCUT2D eigenvalue weighted by atomic mass is 9.88. The summed E-state index contributed by atoms with van der Waals surface area (Å²) in [7, 11) is 0. The maximum absolute atomic E-state index is 12.3. The van der Waals surface area contributed by atoms with E-state index in [1.807, 2.05) is 13.8 Å². The number of fused-ring (bicyclic) bond motifs is 2. The molecule has 0 heterocycles. The summed E-state index contributed by atoms with van der Waals surface area (Å²) in [6.45, 7) is 11.3. The third-order valence-corrected chi connectivity index (χ3v) is 6.84. The number of carbonyl (C=O) groups is 4. The second-order valence-electron chi connectivity index (χ2n) is 8.96. The van der Waals surface area contributed by atoms with E-state index >= 15 is 0 Å². The molecular weight excluding hydrogens is 456 g/mol. The maximum Gasteiger partial charge on any atom is 0.407 e. The van der Waals surface area contributed by atoms with Crippen molar-refractivity contribution in [2.24, 2.45) is 23.7 Å². The van der Waals surface area contributed by atoms with Gasteiger partial charge >= 0.3 is 24.1 Å². The molecule has 2 bridgehead atoms. The highest BCUT2D eigenvalue weighted by Crippen LogP contribution is 2.52. The number of alkyl carbamates (subject to hydrolysis) is 2. The lowest BCUT2D eigenvalue weighted by molar-refractivity contribution is -0.141. The van der Waals surface area contributed by atoms with Gasteiger partial charge in [-0.25, -0.2) is 19.2 Å². The van der Waals surface area contributed by atoms with E-state index in [9.17, 15) is 19.2 Å². The van der Waals surface area contributed by atoms with Gasteiger partial charge in [0.15, 0.2) is 0 Å². The maximum atomic E-state index is 12.3. The number of hydrogen-bond acceptors (Lipinski definition) is 8. The SMILES string of the molecule is C=CC(=O)OCC(CC)OC(=O)NCC1CC2CCC1C2CNC(=O)OC(CC)COC(=O)C=C. The Kier molecular flexibility index (Phi) is 11.6. The van der Waals surface area contributed by atoms with Gasteiger partial charge in [0.2, 0.25) is 0 Å². The van der Waals surface area contributed by atoms with E-state index in [2.05, 4.69) is 23.8 Å². The molecule has 10 heteroatoms. The predicted octanol–water partition coefficient (Wildman–Crippen LogP) is 3.12. The summed E-state index contributed by atoms with van der Waals surface area (Å²) < 4.78 is 20.6. The van der Waals surface area contributed by atoms with Crippen molar-refractivity contribution in [3.8, 4) is 0 Å². The van der Waals surface area contributed by atoms with Gasteiger partial charge in [-0.1, -0.05) is 27.0 Å². The molecule has 2 saturated carbocycles. The Morgan fingerprint density at radius 2 is 1.37 bits per heavy atom. The van der Waals surface area contributed by atoms with Crippen LogP contribution in [0.25, 0.3) is 0 Å². The van der Waals surface area contributed by atoms with Crippen LogP contribution in [-0.4, -0.2) is 62.6 Å². The van der Waals surface area contributed by atoms with Gasteiger partial charge in [-0.15, -0.1) is 0 Å². The first kappa shape index (κ1) is 28.2. The minimum absolute atomic E-state index is 0.0110. The van der Waals surface area contributed by atoms with Crippen LogP contribution in [0.3, 0.4) is 0 Å². The Morgan fingerprint density at radius 1 is 0.857 bits per heavy atom. The highest BCUT2D eigenvalue weighted by molar-refractivity contribution is 5.81. The molecule has 6 atom stereocenters. The highest BCUT2D eigenvalue weighted by atomic mass is 16.6. The molecule has 6 unspecified atom stereocenters. The van der Waals surface area contributed by atoms with Gasteiger partial charge in [-0.2, -0.15) is 0 Å². The molecular formula is C25H38N2O8. The molecule has 0 saturated heterocycles. The summed E-state index contributed by atoms with van der Waals surface area (Å²) >= 11 is 0. The molecule has 2 fully saturated rings. The van der Waals surface area contributed by atoms with Crippen LogP contribution < -0.4 is 10.6 Å². The zero-order valence-electron chi connectivity index (χ0n) is 20.7. The van der Waals surface area contributed by atoms with E-state index in [4.69, 9.17) is 18.9 Å². The topological polar surface area (TPSA) is 129 Å². The molecule has 2 N–H and O–H groups in total. The van der Waals surface area contributed by atoms with Crippen LogP contribution in [-0.2, 0) is 28.5 Å². The molecule has 0 aromatic carbocycles. The van der Waals surface area contributed by atoms with Crippen LogP contribution in [0.5, 0.6) is 0 Å². The van der Waals surface area contributed by atoms with E-state index in [-0.39, 0.29) is 13.2 Å². The first-order valence-corrected chi connectivity index (χ1v) is 12.3. The molecule has 2 aliphatic carbocycles.